The SMILES string of the molecule is C=C(C)C(COC(=O)c1ccc2c(c1)C(=N)OC2=N)([I-]C)C(N)(N)C(N)(N)CC. The fraction of sp³-hybridized carbons (Fsp3) is 0.421. The second kappa shape index (κ2) is 8.11. The first-order valence-electron chi connectivity index (χ1n) is 8.83. The van der Waals surface area contributed by atoms with Crippen LogP contribution in [0.5, 0.6) is 0 Å². The molecule has 0 saturated carbocycles. The summed E-state index contributed by atoms with van der Waals surface area (Å²) in [5, 5.41) is 15.5. The van der Waals surface area contributed by atoms with Crippen molar-refractivity contribution in [3.63, 3.8) is 0 Å². The number of hydrogen-bond acceptors (Lipinski definition) is 9. The second-order valence-electron chi connectivity index (χ2n) is 7.13. The Morgan fingerprint density at radius 3 is 2.31 bits per heavy atom. The Morgan fingerprint density at radius 2 is 1.79 bits per heavy atom. The van der Waals surface area contributed by atoms with Crippen molar-refractivity contribution in [3.05, 3.63) is 47.0 Å². The number of halogens is 1. The molecule has 0 spiro atoms. The Balaban J connectivity index is 2.32. The van der Waals surface area contributed by atoms with Crippen molar-refractivity contribution < 1.29 is 35.5 Å². The van der Waals surface area contributed by atoms with Gasteiger partial charge < -0.3 is 0 Å². The van der Waals surface area contributed by atoms with Gasteiger partial charge in [0.2, 0.25) is 0 Å². The van der Waals surface area contributed by atoms with E-state index in [0.29, 0.717) is 23.1 Å². The number of hydrogen-bond donors (Lipinski definition) is 6. The van der Waals surface area contributed by atoms with E-state index in [1.165, 1.54) is 12.1 Å². The third-order valence-corrected chi connectivity index (χ3v) is 9.33. The molecule has 1 aliphatic rings. The first-order chi connectivity index (χ1) is 13.3. The van der Waals surface area contributed by atoms with Gasteiger partial charge in [0.1, 0.15) is 0 Å². The van der Waals surface area contributed by atoms with E-state index in [1.54, 1.807) is 19.9 Å². The molecule has 0 aliphatic carbocycles. The van der Waals surface area contributed by atoms with Gasteiger partial charge in [-0.15, -0.1) is 0 Å². The molecule has 1 atom stereocenters. The summed E-state index contributed by atoms with van der Waals surface area (Å²) >= 11 is -0.737. The van der Waals surface area contributed by atoms with E-state index >= 15 is 0 Å². The number of esters is 1. The Morgan fingerprint density at radius 1 is 1.21 bits per heavy atom. The first-order valence-corrected chi connectivity index (χ1v) is 12.1. The number of nitrogens with two attached hydrogens (primary N) is 4. The summed E-state index contributed by atoms with van der Waals surface area (Å²) in [6.45, 7) is 7.47. The van der Waals surface area contributed by atoms with Crippen LogP contribution >= 0.6 is 0 Å². The molecule has 1 aromatic rings. The van der Waals surface area contributed by atoms with Crippen molar-refractivity contribution in [3.8, 4) is 0 Å². The Labute approximate surface area is 180 Å². The Kier molecular flexibility index (Phi) is 6.55. The zero-order valence-corrected chi connectivity index (χ0v) is 18.9. The predicted molar refractivity (Wildman–Crippen MR) is 107 cm³/mol. The standard InChI is InChI=1S/C19H28IN6O3/c1-5-18(23,24)19(25,26)17(20-4,10(2)3)9-28-16(27)11-6-7-12-13(8-11)15(22)29-14(12)21/h6-8,21-22H,2,5,9,23-26H2,1,3-4H3/q-1. The van der Waals surface area contributed by atoms with Crippen LogP contribution in [0.2, 0.25) is 0 Å². The van der Waals surface area contributed by atoms with Crippen LogP contribution in [0.15, 0.2) is 30.4 Å². The summed E-state index contributed by atoms with van der Waals surface area (Å²) < 4.78 is 9.61. The quantitative estimate of drug-likeness (QED) is 0.0709. The monoisotopic (exact) mass is 515 g/mol. The van der Waals surface area contributed by atoms with Crippen LogP contribution in [0.3, 0.4) is 0 Å². The van der Waals surface area contributed by atoms with Crippen LogP contribution in [0.1, 0.15) is 41.8 Å². The molecule has 0 aromatic heterocycles. The molecule has 160 valence electrons. The number of benzene rings is 1. The number of fused-ring (bicyclic) bond motifs is 1. The van der Waals surface area contributed by atoms with Crippen LogP contribution in [-0.4, -0.2) is 44.0 Å². The van der Waals surface area contributed by atoms with Gasteiger partial charge in [0.15, 0.2) is 0 Å². The van der Waals surface area contributed by atoms with Crippen LogP contribution in [0.25, 0.3) is 0 Å². The van der Waals surface area contributed by atoms with E-state index < -0.39 is 41.9 Å². The maximum absolute atomic E-state index is 12.7. The zero-order valence-electron chi connectivity index (χ0n) is 16.8. The van der Waals surface area contributed by atoms with Crippen molar-refractivity contribution in [2.45, 2.75) is 35.0 Å². The summed E-state index contributed by atoms with van der Waals surface area (Å²) in [5.74, 6) is -0.925. The van der Waals surface area contributed by atoms with Gasteiger partial charge in [0.25, 0.3) is 0 Å². The normalized spacial score (nSPS) is 16.2. The molecule has 10 N–H and O–H groups in total. The molecule has 0 fully saturated rings. The van der Waals surface area contributed by atoms with Crippen LogP contribution in [0.4, 0.5) is 0 Å². The Bertz CT molecular complexity index is 883. The zero-order chi connectivity index (χ0) is 22.2. The minimum absolute atomic E-state index is 0.116. The summed E-state index contributed by atoms with van der Waals surface area (Å²) in [6, 6.07) is 4.53. The number of carbonyl (C=O) groups is 1. The van der Waals surface area contributed by atoms with Gasteiger partial charge in [0.05, 0.1) is 0 Å². The molecule has 1 aromatic carbocycles. The van der Waals surface area contributed by atoms with Crippen LogP contribution < -0.4 is 44.1 Å². The van der Waals surface area contributed by atoms with E-state index in [1.807, 2.05) is 4.93 Å². The third kappa shape index (κ3) is 3.82. The van der Waals surface area contributed by atoms with Crippen molar-refractivity contribution in [1.82, 2.24) is 0 Å². The van der Waals surface area contributed by atoms with Crippen LogP contribution in [-0.2, 0) is 9.47 Å². The minimum atomic E-state index is -1.55. The number of carbonyl (C=O) groups excluding carboxylic acids is 1. The Hall–Kier alpha value is -1.86. The van der Waals surface area contributed by atoms with E-state index in [2.05, 4.69) is 6.58 Å². The second-order valence-corrected chi connectivity index (χ2v) is 10.1. The fourth-order valence-electron chi connectivity index (χ4n) is 3.15. The summed E-state index contributed by atoms with van der Waals surface area (Å²) in [7, 11) is 0. The maximum atomic E-state index is 12.7. The van der Waals surface area contributed by atoms with E-state index in [-0.39, 0.29) is 24.0 Å². The molecule has 29 heavy (non-hydrogen) atoms. The molecule has 1 aliphatic heterocycles. The van der Waals surface area contributed by atoms with Crippen molar-refractivity contribution >= 4 is 17.8 Å². The van der Waals surface area contributed by atoms with Crippen molar-refractivity contribution in [1.29, 1.82) is 10.8 Å². The van der Waals surface area contributed by atoms with Gasteiger partial charge in [-0.1, -0.05) is 0 Å². The first kappa shape index (κ1) is 23.4. The number of ether oxygens (including phenoxy) is 2. The van der Waals surface area contributed by atoms with E-state index in [4.69, 9.17) is 43.2 Å². The molecule has 0 amide bonds. The average molecular weight is 515 g/mol. The molecule has 0 saturated heterocycles. The molecule has 9 nitrogen and oxygen atoms in total. The molecule has 1 unspecified atom stereocenters. The van der Waals surface area contributed by atoms with Gasteiger partial charge in [-0.05, 0) is 0 Å². The molecule has 1 heterocycles. The topological polar surface area (TPSA) is 187 Å². The predicted octanol–water partition coefficient (Wildman–Crippen LogP) is -2.80. The van der Waals surface area contributed by atoms with E-state index in [9.17, 15) is 4.79 Å². The summed E-state index contributed by atoms with van der Waals surface area (Å²) in [5.41, 5.74) is 24.1. The fourth-order valence-corrected chi connectivity index (χ4v) is 5.93. The van der Waals surface area contributed by atoms with Crippen molar-refractivity contribution in [2.24, 2.45) is 22.9 Å². The van der Waals surface area contributed by atoms with Gasteiger partial charge in [-0.3, -0.25) is 0 Å². The van der Waals surface area contributed by atoms with Crippen LogP contribution in [0, 0.1) is 10.8 Å². The average Bonchev–Trinajstić information content (AvgIpc) is 2.95. The summed E-state index contributed by atoms with van der Waals surface area (Å²) in [6.07, 6.45) is 0.325. The summed E-state index contributed by atoms with van der Waals surface area (Å²) in [4.78, 5) is 14.7. The number of alkyl halides is 2. The molecule has 0 radical (unpaired) electrons. The number of nitrogens with one attached hydrogen (secondary N) is 2. The molecule has 10 heteroatoms. The molecule has 2 rings (SSSR count). The van der Waals surface area contributed by atoms with Gasteiger partial charge >= 0.3 is 181 Å². The van der Waals surface area contributed by atoms with Gasteiger partial charge in [-0.25, -0.2) is 0 Å². The molecular formula is C19H28IN6O3-. The third-order valence-electron chi connectivity index (χ3n) is 5.36. The molecular weight excluding hydrogens is 487 g/mol. The van der Waals surface area contributed by atoms with Crippen molar-refractivity contribution in [2.75, 3.05) is 11.5 Å². The number of rotatable bonds is 8. The molecule has 0 bridgehead atoms. The van der Waals surface area contributed by atoms with E-state index in [0.717, 1.165) is 0 Å². The van der Waals surface area contributed by atoms with Gasteiger partial charge in [-0.2, -0.15) is 0 Å². The van der Waals surface area contributed by atoms with Gasteiger partial charge in [0, 0.05) is 0 Å².